The van der Waals surface area contributed by atoms with E-state index < -0.39 is 0 Å². The molecule has 0 saturated carbocycles. The molecule has 1 aromatic rings. The lowest BCUT2D eigenvalue weighted by molar-refractivity contribution is -0.115. The zero-order chi connectivity index (χ0) is 13.2. The Bertz CT molecular complexity index is 391. The fourth-order valence-corrected chi connectivity index (χ4v) is 1.58. The van der Waals surface area contributed by atoms with E-state index in [1.807, 2.05) is 24.3 Å². The zero-order valence-corrected chi connectivity index (χ0v) is 10.5. The van der Waals surface area contributed by atoms with Crippen LogP contribution in [0.5, 0.6) is 0 Å². The number of aliphatic hydroxyl groups is 1. The Morgan fingerprint density at radius 1 is 1.44 bits per heavy atom. The van der Waals surface area contributed by atoms with Crippen LogP contribution in [0.4, 0.5) is 5.69 Å². The fraction of sp³-hybridized carbons (Fsp3) is 0.357. The van der Waals surface area contributed by atoms with Crippen molar-refractivity contribution in [2.45, 2.75) is 12.8 Å². The quantitative estimate of drug-likeness (QED) is 0.480. The summed E-state index contributed by atoms with van der Waals surface area (Å²) in [5, 5.41) is 14.5. The molecule has 1 amide bonds. The average Bonchev–Trinajstić information content (AvgIpc) is 2.37. The molecule has 0 aliphatic carbocycles. The average molecular weight is 248 g/mol. The van der Waals surface area contributed by atoms with Crippen LogP contribution in [0, 0.1) is 0 Å². The number of rotatable bonds is 8. The third kappa shape index (κ3) is 5.61. The van der Waals surface area contributed by atoms with E-state index in [1.54, 1.807) is 6.08 Å². The molecule has 0 bridgehead atoms. The lowest BCUT2D eigenvalue weighted by atomic mass is 10.1. The first-order chi connectivity index (χ1) is 8.76. The predicted octanol–water partition coefficient (Wildman–Crippen LogP) is 1.33. The molecule has 4 nitrogen and oxygen atoms in total. The molecule has 0 radical (unpaired) electrons. The summed E-state index contributed by atoms with van der Waals surface area (Å²) in [4.78, 5) is 11.6. The van der Waals surface area contributed by atoms with Crippen LogP contribution < -0.4 is 10.6 Å². The normalized spacial score (nSPS) is 10.1. The van der Waals surface area contributed by atoms with Crippen molar-refractivity contribution in [2.75, 3.05) is 25.0 Å². The van der Waals surface area contributed by atoms with Gasteiger partial charge in [0, 0.05) is 18.8 Å². The Balaban J connectivity index is 2.45. The van der Waals surface area contributed by atoms with Crippen molar-refractivity contribution in [3.05, 3.63) is 42.5 Å². The molecule has 98 valence electrons. The van der Waals surface area contributed by atoms with Crippen molar-refractivity contribution in [1.29, 1.82) is 0 Å². The third-order valence-electron chi connectivity index (χ3n) is 2.41. The Labute approximate surface area is 108 Å². The Morgan fingerprint density at radius 2 is 2.28 bits per heavy atom. The van der Waals surface area contributed by atoms with Crippen molar-refractivity contribution in [1.82, 2.24) is 5.32 Å². The van der Waals surface area contributed by atoms with Gasteiger partial charge in [-0.2, -0.15) is 0 Å². The number of hydrogen-bond acceptors (Lipinski definition) is 3. The van der Waals surface area contributed by atoms with Crippen molar-refractivity contribution in [3.63, 3.8) is 0 Å². The van der Waals surface area contributed by atoms with E-state index in [0.717, 1.165) is 24.1 Å². The van der Waals surface area contributed by atoms with Gasteiger partial charge in [-0.1, -0.05) is 18.2 Å². The molecular formula is C14H20N2O2. The highest BCUT2D eigenvalue weighted by molar-refractivity contribution is 5.92. The van der Waals surface area contributed by atoms with Crippen LogP contribution >= 0.6 is 0 Å². The molecule has 0 aliphatic rings. The minimum absolute atomic E-state index is 0.0730. The molecule has 0 fully saturated rings. The standard InChI is InChI=1S/C14H20N2O2/c1-2-8-15-11-14(18)16-13-7-3-5-12(10-13)6-4-9-17/h2-3,5,7,10,15,17H,1,4,6,8-9,11H2,(H,16,18). The smallest absolute Gasteiger partial charge is 0.238 e. The summed E-state index contributed by atoms with van der Waals surface area (Å²) >= 11 is 0. The van der Waals surface area contributed by atoms with E-state index >= 15 is 0 Å². The molecule has 0 spiro atoms. The predicted molar refractivity (Wildman–Crippen MR) is 73.5 cm³/mol. The summed E-state index contributed by atoms with van der Waals surface area (Å²) in [6.07, 6.45) is 3.26. The summed E-state index contributed by atoms with van der Waals surface area (Å²) in [6.45, 7) is 4.64. The van der Waals surface area contributed by atoms with Crippen LogP contribution in [0.2, 0.25) is 0 Å². The minimum atomic E-state index is -0.0730. The van der Waals surface area contributed by atoms with Gasteiger partial charge in [0.25, 0.3) is 0 Å². The molecule has 1 aromatic carbocycles. The third-order valence-corrected chi connectivity index (χ3v) is 2.41. The highest BCUT2D eigenvalue weighted by atomic mass is 16.2. The zero-order valence-electron chi connectivity index (χ0n) is 10.5. The van der Waals surface area contributed by atoms with Crippen molar-refractivity contribution >= 4 is 11.6 Å². The van der Waals surface area contributed by atoms with Gasteiger partial charge in [-0.3, -0.25) is 4.79 Å². The Morgan fingerprint density at radius 3 is 3.00 bits per heavy atom. The van der Waals surface area contributed by atoms with E-state index in [2.05, 4.69) is 17.2 Å². The summed E-state index contributed by atoms with van der Waals surface area (Å²) < 4.78 is 0. The Hall–Kier alpha value is -1.65. The highest BCUT2D eigenvalue weighted by Crippen LogP contribution is 2.11. The number of amides is 1. The van der Waals surface area contributed by atoms with E-state index in [4.69, 9.17) is 5.11 Å². The maximum absolute atomic E-state index is 11.6. The summed E-state index contributed by atoms with van der Waals surface area (Å²) in [6, 6.07) is 7.68. The lowest BCUT2D eigenvalue weighted by Crippen LogP contribution is -2.28. The number of nitrogens with one attached hydrogen (secondary N) is 2. The van der Waals surface area contributed by atoms with Gasteiger partial charge in [-0.15, -0.1) is 6.58 Å². The van der Waals surface area contributed by atoms with Gasteiger partial charge in [-0.25, -0.2) is 0 Å². The van der Waals surface area contributed by atoms with E-state index in [1.165, 1.54) is 0 Å². The number of aryl methyl sites for hydroxylation is 1. The molecule has 4 heteroatoms. The van der Waals surface area contributed by atoms with Crippen LogP contribution in [0.1, 0.15) is 12.0 Å². The number of carbonyl (C=O) groups is 1. The molecule has 1 rings (SSSR count). The number of hydrogen-bond donors (Lipinski definition) is 3. The molecule has 0 saturated heterocycles. The minimum Gasteiger partial charge on any atom is -0.396 e. The largest absolute Gasteiger partial charge is 0.396 e. The van der Waals surface area contributed by atoms with Crippen LogP contribution in [0.15, 0.2) is 36.9 Å². The number of aliphatic hydroxyl groups excluding tert-OH is 1. The van der Waals surface area contributed by atoms with Crippen LogP contribution in [-0.2, 0) is 11.2 Å². The molecule has 0 aliphatic heterocycles. The van der Waals surface area contributed by atoms with Crippen LogP contribution in [-0.4, -0.2) is 30.7 Å². The SMILES string of the molecule is C=CCNCC(=O)Nc1cccc(CCCO)c1. The number of anilines is 1. The van der Waals surface area contributed by atoms with E-state index in [0.29, 0.717) is 6.54 Å². The van der Waals surface area contributed by atoms with Gasteiger partial charge in [0.1, 0.15) is 0 Å². The monoisotopic (exact) mass is 248 g/mol. The second kappa shape index (κ2) is 8.44. The topological polar surface area (TPSA) is 61.4 Å². The first-order valence-electron chi connectivity index (χ1n) is 6.07. The summed E-state index contributed by atoms with van der Waals surface area (Å²) in [5.41, 5.74) is 1.90. The molecule has 0 unspecified atom stereocenters. The van der Waals surface area contributed by atoms with Gasteiger partial charge in [0.05, 0.1) is 6.54 Å². The van der Waals surface area contributed by atoms with Gasteiger partial charge >= 0.3 is 0 Å². The summed E-state index contributed by atoms with van der Waals surface area (Å²) in [7, 11) is 0. The fourth-order valence-electron chi connectivity index (χ4n) is 1.58. The van der Waals surface area contributed by atoms with Crippen molar-refractivity contribution in [2.24, 2.45) is 0 Å². The van der Waals surface area contributed by atoms with Gasteiger partial charge < -0.3 is 15.7 Å². The van der Waals surface area contributed by atoms with Crippen LogP contribution in [0.3, 0.4) is 0 Å². The number of benzene rings is 1. The van der Waals surface area contributed by atoms with E-state index in [-0.39, 0.29) is 19.1 Å². The van der Waals surface area contributed by atoms with Crippen molar-refractivity contribution in [3.8, 4) is 0 Å². The summed E-state index contributed by atoms with van der Waals surface area (Å²) in [5.74, 6) is -0.0730. The molecule has 0 atom stereocenters. The second-order valence-electron chi connectivity index (χ2n) is 4.00. The maximum Gasteiger partial charge on any atom is 0.238 e. The molecular weight excluding hydrogens is 228 g/mol. The molecule has 18 heavy (non-hydrogen) atoms. The second-order valence-corrected chi connectivity index (χ2v) is 4.00. The molecule has 0 aromatic heterocycles. The first-order valence-corrected chi connectivity index (χ1v) is 6.07. The molecule has 0 heterocycles. The van der Waals surface area contributed by atoms with Gasteiger partial charge in [-0.05, 0) is 30.5 Å². The molecule has 3 N–H and O–H groups in total. The Kier molecular flexibility index (Phi) is 6.76. The van der Waals surface area contributed by atoms with E-state index in [9.17, 15) is 4.79 Å². The van der Waals surface area contributed by atoms with Gasteiger partial charge in [0.15, 0.2) is 0 Å². The number of carbonyl (C=O) groups excluding carboxylic acids is 1. The first kappa shape index (κ1) is 14.4. The highest BCUT2D eigenvalue weighted by Gasteiger charge is 2.02. The van der Waals surface area contributed by atoms with Gasteiger partial charge in [0.2, 0.25) is 5.91 Å². The van der Waals surface area contributed by atoms with Crippen LogP contribution in [0.25, 0.3) is 0 Å². The lowest BCUT2D eigenvalue weighted by Gasteiger charge is -2.07. The maximum atomic E-state index is 11.6. The van der Waals surface area contributed by atoms with Crippen molar-refractivity contribution < 1.29 is 9.90 Å².